The predicted octanol–water partition coefficient (Wildman–Crippen LogP) is 9.31. The van der Waals surface area contributed by atoms with Crippen molar-refractivity contribution in [3.05, 3.63) is 0 Å². The number of amides is 1. The average Bonchev–Trinajstić information content (AvgIpc) is 3.21. The van der Waals surface area contributed by atoms with Crippen molar-refractivity contribution in [3.8, 4) is 0 Å². The lowest BCUT2D eigenvalue weighted by Gasteiger charge is -2.40. The van der Waals surface area contributed by atoms with Gasteiger partial charge in [0.15, 0.2) is 6.29 Å². The normalized spacial score (nSPS) is 21.4. The molecule has 0 bridgehead atoms. The van der Waals surface area contributed by atoms with Gasteiger partial charge in [0.25, 0.3) is 0 Å². The lowest BCUT2D eigenvalue weighted by atomic mass is 9.98. The highest BCUT2D eigenvalue weighted by Crippen LogP contribution is 2.23. The SMILES string of the molecule is CCCCCCCCCCCCCCCCCCCCCCCCC(=O)N[C@@H](CO[C@@H]1O[C@H](CO)[C@@H](O)C(O)C1O)[C@H](O)[C@H](O)CCCCCCCCCCCC. The molecule has 0 radical (unpaired) electrons. The molecule has 0 aromatic carbocycles. The summed E-state index contributed by atoms with van der Waals surface area (Å²) in [5.41, 5.74) is 0. The van der Waals surface area contributed by atoms with Crippen molar-refractivity contribution in [2.75, 3.05) is 13.2 Å². The Hall–Kier alpha value is -0.850. The number of ether oxygens (including phenoxy) is 2. The van der Waals surface area contributed by atoms with E-state index in [2.05, 4.69) is 19.2 Å². The van der Waals surface area contributed by atoms with Crippen molar-refractivity contribution in [2.24, 2.45) is 0 Å². The van der Waals surface area contributed by atoms with E-state index >= 15 is 0 Å². The van der Waals surface area contributed by atoms with Gasteiger partial charge in [-0.3, -0.25) is 4.79 Å². The van der Waals surface area contributed by atoms with E-state index in [1.165, 1.54) is 161 Å². The van der Waals surface area contributed by atoms with Gasteiger partial charge in [-0.25, -0.2) is 0 Å². The summed E-state index contributed by atoms with van der Waals surface area (Å²) in [5, 5.41) is 65.1. The molecule has 57 heavy (non-hydrogen) atoms. The van der Waals surface area contributed by atoms with Crippen LogP contribution in [0.4, 0.5) is 0 Å². The van der Waals surface area contributed by atoms with Crippen LogP contribution < -0.4 is 5.32 Å². The summed E-state index contributed by atoms with van der Waals surface area (Å²) in [5.74, 6) is -0.254. The van der Waals surface area contributed by atoms with Crippen LogP contribution in [0.25, 0.3) is 0 Å². The quantitative estimate of drug-likeness (QED) is 0.0298. The zero-order valence-electron chi connectivity index (χ0n) is 37.0. The Kier molecular flexibility index (Phi) is 36.2. The van der Waals surface area contributed by atoms with Gasteiger partial charge in [-0.2, -0.15) is 0 Å². The first-order chi connectivity index (χ1) is 27.8. The van der Waals surface area contributed by atoms with Gasteiger partial charge < -0.3 is 45.4 Å². The van der Waals surface area contributed by atoms with Crippen molar-refractivity contribution >= 4 is 5.91 Å². The van der Waals surface area contributed by atoms with E-state index in [1.807, 2.05) is 0 Å². The van der Waals surface area contributed by atoms with Crippen LogP contribution in [0.5, 0.6) is 0 Å². The Morgan fingerprint density at radius 3 is 1.30 bits per heavy atom. The summed E-state index contributed by atoms with van der Waals surface area (Å²) in [6.45, 7) is 3.61. The molecule has 1 saturated heterocycles. The standard InChI is InChI=1S/C47H93NO9/c1-3-5-7-9-11-13-15-16-17-18-19-20-21-22-23-24-25-26-28-30-32-34-36-42(51)48-39(38-56-47-46(55)45(54)44(53)41(37-49)57-47)43(52)40(50)35-33-31-29-27-14-12-10-8-6-4-2/h39-41,43-47,49-50,52-55H,3-38H2,1-2H3,(H,48,51)/t39-,40+,41+,43-,44+,45?,46?,47+/m0/s1. The summed E-state index contributed by atoms with van der Waals surface area (Å²) in [6.07, 6.45) is 31.2. The molecule has 340 valence electrons. The molecule has 1 fully saturated rings. The van der Waals surface area contributed by atoms with Crippen LogP contribution >= 0.6 is 0 Å². The minimum atomic E-state index is -1.60. The first-order valence-corrected chi connectivity index (χ1v) is 24.3. The van der Waals surface area contributed by atoms with Crippen LogP contribution in [0.15, 0.2) is 0 Å². The number of aliphatic hydroxyl groups is 6. The molecule has 1 aliphatic rings. The second-order valence-corrected chi connectivity index (χ2v) is 17.4. The summed E-state index contributed by atoms with van der Waals surface area (Å²) in [4.78, 5) is 13.0. The van der Waals surface area contributed by atoms with Crippen LogP contribution in [0.3, 0.4) is 0 Å². The number of hydrogen-bond donors (Lipinski definition) is 7. The number of nitrogens with one attached hydrogen (secondary N) is 1. The second kappa shape index (κ2) is 38.1. The molecular weight excluding hydrogens is 723 g/mol. The molecule has 0 aromatic rings. The minimum Gasteiger partial charge on any atom is -0.394 e. The fourth-order valence-electron chi connectivity index (χ4n) is 8.08. The highest BCUT2D eigenvalue weighted by molar-refractivity contribution is 5.76. The molecule has 0 aromatic heterocycles. The smallest absolute Gasteiger partial charge is 0.220 e. The molecule has 8 atom stereocenters. The zero-order valence-corrected chi connectivity index (χ0v) is 37.0. The predicted molar refractivity (Wildman–Crippen MR) is 232 cm³/mol. The third-order valence-electron chi connectivity index (χ3n) is 12.1. The van der Waals surface area contributed by atoms with Crippen LogP contribution in [0, 0.1) is 0 Å². The summed E-state index contributed by atoms with van der Waals surface area (Å²) in [6, 6.07) is -0.984. The van der Waals surface area contributed by atoms with Gasteiger partial charge in [0.1, 0.15) is 30.5 Å². The number of carbonyl (C=O) groups is 1. The Morgan fingerprint density at radius 2 is 0.912 bits per heavy atom. The maximum atomic E-state index is 13.0. The fourth-order valence-corrected chi connectivity index (χ4v) is 8.08. The van der Waals surface area contributed by atoms with Gasteiger partial charge in [0, 0.05) is 6.42 Å². The summed E-state index contributed by atoms with van der Waals surface area (Å²) in [7, 11) is 0. The van der Waals surface area contributed by atoms with Crippen molar-refractivity contribution < 1.29 is 44.9 Å². The molecule has 0 saturated carbocycles. The van der Waals surface area contributed by atoms with E-state index in [0.717, 1.165) is 44.9 Å². The van der Waals surface area contributed by atoms with E-state index in [4.69, 9.17) is 9.47 Å². The highest BCUT2D eigenvalue weighted by Gasteiger charge is 2.44. The fraction of sp³-hybridized carbons (Fsp3) is 0.979. The van der Waals surface area contributed by atoms with Gasteiger partial charge in [-0.15, -0.1) is 0 Å². The monoisotopic (exact) mass is 816 g/mol. The zero-order chi connectivity index (χ0) is 41.8. The van der Waals surface area contributed by atoms with Gasteiger partial charge >= 0.3 is 0 Å². The molecule has 0 spiro atoms. The third kappa shape index (κ3) is 28.3. The molecule has 1 rings (SSSR count). The van der Waals surface area contributed by atoms with E-state index in [9.17, 15) is 35.4 Å². The first-order valence-electron chi connectivity index (χ1n) is 24.3. The van der Waals surface area contributed by atoms with E-state index in [-0.39, 0.29) is 18.9 Å². The highest BCUT2D eigenvalue weighted by atomic mass is 16.7. The molecule has 7 N–H and O–H groups in total. The van der Waals surface area contributed by atoms with E-state index in [0.29, 0.717) is 6.42 Å². The second-order valence-electron chi connectivity index (χ2n) is 17.4. The maximum Gasteiger partial charge on any atom is 0.220 e. The Morgan fingerprint density at radius 1 is 0.544 bits per heavy atom. The number of carbonyl (C=O) groups excluding carboxylic acids is 1. The Balaban J connectivity index is 2.28. The molecule has 1 aliphatic heterocycles. The molecule has 1 amide bonds. The van der Waals surface area contributed by atoms with Crippen molar-refractivity contribution in [2.45, 2.75) is 281 Å². The first kappa shape index (κ1) is 54.2. The Bertz CT molecular complexity index is 880. The largest absolute Gasteiger partial charge is 0.394 e. The number of rotatable bonds is 41. The molecule has 0 aliphatic carbocycles. The van der Waals surface area contributed by atoms with Crippen molar-refractivity contribution in [3.63, 3.8) is 0 Å². The molecular formula is C47H93NO9. The molecule has 10 nitrogen and oxygen atoms in total. The maximum absolute atomic E-state index is 13.0. The number of unbranched alkanes of at least 4 members (excludes halogenated alkanes) is 30. The summed E-state index contributed by atoms with van der Waals surface area (Å²) >= 11 is 0. The summed E-state index contributed by atoms with van der Waals surface area (Å²) < 4.78 is 11.2. The minimum absolute atomic E-state index is 0.254. The van der Waals surface area contributed by atoms with E-state index < -0.39 is 55.6 Å². The average molecular weight is 816 g/mol. The van der Waals surface area contributed by atoms with Gasteiger partial charge in [0.05, 0.1) is 25.4 Å². The van der Waals surface area contributed by atoms with Gasteiger partial charge in [0.2, 0.25) is 5.91 Å². The molecule has 2 unspecified atom stereocenters. The van der Waals surface area contributed by atoms with Crippen molar-refractivity contribution in [1.29, 1.82) is 0 Å². The molecule has 10 heteroatoms. The van der Waals surface area contributed by atoms with Crippen LogP contribution in [-0.2, 0) is 14.3 Å². The van der Waals surface area contributed by atoms with Crippen LogP contribution in [0.1, 0.15) is 232 Å². The lowest BCUT2D eigenvalue weighted by molar-refractivity contribution is -0.303. The lowest BCUT2D eigenvalue weighted by Crippen LogP contribution is -2.60. The number of aliphatic hydroxyl groups excluding tert-OH is 6. The molecule has 1 heterocycles. The Labute approximate surface area is 349 Å². The van der Waals surface area contributed by atoms with Gasteiger partial charge in [-0.05, 0) is 12.8 Å². The van der Waals surface area contributed by atoms with Crippen LogP contribution in [0.2, 0.25) is 0 Å². The number of hydrogen-bond acceptors (Lipinski definition) is 9. The third-order valence-corrected chi connectivity index (χ3v) is 12.1. The van der Waals surface area contributed by atoms with Gasteiger partial charge in [-0.1, -0.05) is 213 Å². The van der Waals surface area contributed by atoms with Crippen molar-refractivity contribution in [1.82, 2.24) is 5.32 Å². The van der Waals surface area contributed by atoms with Crippen LogP contribution in [-0.4, -0.2) is 98.7 Å². The topological polar surface area (TPSA) is 169 Å². The van der Waals surface area contributed by atoms with E-state index in [1.54, 1.807) is 0 Å².